The number of ether oxygens (including phenoxy) is 1. The highest BCUT2D eigenvalue weighted by atomic mass is 16.5. The molecular weight excluding hydrogens is 300 g/mol. The number of rotatable bonds is 6. The van der Waals surface area contributed by atoms with Gasteiger partial charge in [-0.3, -0.25) is 9.78 Å². The highest BCUT2D eigenvalue weighted by Gasteiger charge is 2.45. The van der Waals surface area contributed by atoms with E-state index in [2.05, 4.69) is 24.1 Å². The number of carbonyl (C=O) groups excluding carboxylic acids is 1. The maximum Gasteiger partial charge on any atom is 0.224 e. The van der Waals surface area contributed by atoms with Crippen molar-refractivity contribution in [2.45, 2.75) is 38.1 Å². The Morgan fingerprint density at radius 1 is 1.29 bits per heavy atom. The highest BCUT2D eigenvalue weighted by Crippen LogP contribution is 2.47. The van der Waals surface area contributed by atoms with Gasteiger partial charge < -0.3 is 10.1 Å². The molecule has 2 atom stereocenters. The zero-order valence-corrected chi connectivity index (χ0v) is 14.5. The first kappa shape index (κ1) is 16.5. The van der Waals surface area contributed by atoms with E-state index in [1.807, 2.05) is 42.6 Å². The van der Waals surface area contributed by atoms with Crippen LogP contribution in [0.3, 0.4) is 0 Å². The van der Waals surface area contributed by atoms with Crippen LogP contribution in [0.15, 0.2) is 48.8 Å². The number of carbonyl (C=O) groups is 1. The second-order valence-electron chi connectivity index (χ2n) is 7.10. The second kappa shape index (κ2) is 6.63. The molecule has 1 N–H and O–H groups in total. The summed E-state index contributed by atoms with van der Waals surface area (Å²) in [4.78, 5) is 16.7. The van der Waals surface area contributed by atoms with E-state index in [4.69, 9.17) is 4.74 Å². The van der Waals surface area contributed by atoms with Crippen molar-refractivity contribution in [3.05, 3.63) is 59.9 Å². The van der Waals surface area contributed by atoms with Crippen molar-refractivity contribution >= 4 is 5.91 Å². The lowest BCUT2D eigenvalue weighted by Crippen LogP contribution is -2.46. The monoisotopic (exact) mass is 324 g/mol. The van der Waals surface area contributed by atoms with E-state index in [0.717, 1.165) is 29.7 Å². The molecule has 126 valence electrons. The number of pyridine rings is 1. The third-order valence-electron chi connectivity index (χ3n) is 4.53. The van der Waals surface area contributed by atoms with Crippen LogP contribution in [-0.4, -0.2) is 23.5 Å². The van der Waals surface area contributed by atoms with Gasteiger partial charge >= 0.3 is 0 Å². The molecule has 1 amide bonds. The van der Waals surface area contributed by atoms with Crippen LogP contribution in [0, 0.1) is 5.92 Å². The summed E-state index contributed by atoms with van der Waals surface area (Å²) in [5.74, 6) is 1.36. The third kappa shape index (κ3) is 3.75. The van der Waals surface area contributed by atoms with Gasteiger partial charge in [0.25, 0.3) is 0 Å². The molecule has 3 rings (SSSR count). The fourth-order valence-electron chi connectivity index (χ4n) is 3.24. The van der Waals surface area contributed by atoms with E-state index in [1.165, 1.54) is 0 Å². The lowest BCUT2D eigenvalue weighted by molar-refractivity contribution is -0.124. The lowest BCUT2D eigenvalue weighted by atomic mass is 9.94. The van der Waals surface area contributed by atoms with E-state index in [9.17, 15) is 4.79 Å². The Hall–Kier alpha value is -2.36. The predicted molar refractivity (Wildman–Crippen MR) is 94.0 cm³/mol. The number of hydrogen-bond donors (Lipinski definition) is 1. The summed E-state index contributed by atoms with van der Waals surface area (Å²) < 4.78 is 5.41. The normalized spacial score (nSPS) is 19.6. The van der Waals surface area contributed by atoms with Gasteiger partial charge in [0.1, 0.15) is 5.75 Å². The number of amides is 1. The average molecular weight is 324 g/mol. The molecular formula is C20H24N2O2. The number of hydrogen-bond acceptors (Lipinski definition) is 3. The molecule has 1 aliphatic rings. The van der Waals surface area contributed by atoms with Crippen LogP contribution in [0.5, 0.6) is 5.75 Å². The van der Waals surface area contributed by atoms with Crippen molar-refractivity contribution in [3.63, 3.8) is 0 Å². The van der Waals surface area contributed by atoms with Crippen LogP contribution in [0.2, 0.25) is 0 Å². The molecule has 4 heteroatoms. The second-order valence-corrected chi connectivity index (χ2v) is 7.10. The standard InChI is InChI=1S/C20H24N2O2/c1-20(2,12-14-7-4-5-9-18(14)24-3)22-19(23)17-11-16(17)15-8-6-10-21-13-15/h4-10,13,16-17H,11-12H2,1-3H3,(H,22,23)/t16-,17+/m1/s1. The summed E-state index contributed by atoms with van der Waals surface area (Å²) in [7, 11) is 1.67. The summed E-state index contributed by atoms with van der Waals surface area (Å²) in [6.07, 6.45) is 5.25. The fourth-order valence-corrected chi connectivity index (χ4v) is 3.24. The number of nitrogens with one attached hydrogen (secondary N) is 1. The largest absolute Gasteiger partial charge is 0.496 e. The molecule has 1 saturated carbocycles. The van der Waals surface area contributed by atoms with Crippen molar-refractivity contribution in [3.8, 4) is 5.75 Å². The smallest absolute Gasteiger partial charge is 0.224 e. The van der Waals surface area contributed by atoms with Crippen LogP contribution in [0.4, 0.5) is 0 Å². The Labute approximate surface area is 143 Å². The van der Waals surface area contributed by atoms with E-state index < -0.39 is 0 Å². The van der Waals surface area contributed by atoms with Crippen molar-refractivity contribution < 1.29 is 9.53 Å². The summed E-state index contributed by atoms with van der Waals surface area (Å²) in [5.41, 5.74) is 1.93. The maximum absolute atomic E-state index is 12.6. The first-order valence-electron chi connectivity index (χ1n) is 8.34. The van der Waals surface area contributed by atoms with Crippen molar-refractivity contribution in [1.82, 2.24) is 10.3 Å². The van der Waals surface area contributed by atoms with Gasteiger partial charge in [-0.15, -0.1) is 0 Å². The van der Waals surface area contributed by atoms with E-state index in [1.54, 1.807) is 13.3 Å². The number of aromatic nitrogens is 1. The first-order chi connectivity index (χ1) is 11.5. The average Bonchev–Trinajstić information content (AvgIpc) is 3.36. The van der Waals surface area contributed by atoms with Crippen LogP contribution >= 0.6 is 0 Å². The molecule has 0 saturated heterocycles. The molecule has 0 radical (unpaired) electrons. The molecule has 1 heterocycles. The van der Waals surface area contributed by atoms with Crippen LogP contribution < -0.4 is 10.1 Å². The lowest BCUT2D eigenvalue weighted by Gasteiger charge is -2.27. The van der Waals surface area contributed by atoms with Gasteiger partial charge in [0.2, 0.25) is 5.91 Å². The van der Waals surface area contributed by atoms with Crippen molar-refractivity contribution in [2.75, 3.05) is 7.11 Å². The summed E-state index contributed by atoms with van der Waals surface area (Å²) >= 11 is 0. The molecule has 2 aromatic rings. The SMILES string of the molecule is COc1ccccc1CC(C)(C)NC(=O)[C@H]1C[C@@H]1c1cccnc1. The van der Waals surface area contributed by atoms with Crippen molar-refractivity contribution in [1.29, 1.82) is 0 Å². The zero-order chi connectivity index (χ0) is 17.2. The minimum absolute atomic E-state index is 0.0612. The minimum Gasteiger partial charge on any atom is -0.496 e. The van der Waals surface area contributed by atoms with Crippen LogP contribution in [0.1, 0.15) is 37.3 Å². The number of benzene rings is 1. The molecule has 1 aromatic carbocycles. The van der Waals surface area contributed by atoms with E-state index in [0.29, 0.717) is 5.92 Å². The Morgan fingerprint density at radius 2 is 2.08 bits per heavy atom. The highest BCUT2D eigenvalue weighted by molar-refractivity contribution is 5.83. The molecule has 4 nitrogen and oxygen atoms in total. The van der Waals surface area contributed by atoms with Gasteiger partial charge in [0, 0.05) is 23.9 Å². The third-order valence-corrected chi connectivity index (χ3v) is 4.53. The molecule has 1 aromatic heterocycles. The van der Waals surface area contributed by atoms with Crippen LogP contribution in [0.25, 0.3) is 0 Å². The molecule has 0 bridgehead atoms. The molecule has 1 fully saturated rings. The molecule has 0 unspecified atom stereocenters. The summed E-state index contributed by atoms with van der Waals surface area (Å²) in [6, 6.07) is 11.9. The van der Waals surface area contributed by atoms with E-state index in [-0.39, 0.29) is 17.4 Å². The molecule has 24 heavy (non-hydrogen) atoms. The first-order valence-corrected chi connectivity index (χ1v) is 8.34. The molecule has 0 aliphatic heterocycles. The minimum atomic E-state index is -0.326. The van der Waals surface area contributed by atoms with Gasteiger partial charge in [-0.1, -0.05) is 24.3 Å². The number of nitrogens with zero attached hydrogens (tertiary/aromatic N) is 1. The van der Waals surface area contributed by atoms with Crippen LogP contribution in [-0.2, 0) is 11.2 Å². The van der Waals surface area contributed by atoms with Gasteiger partial charge in [0.15, 0.2) is 0 Å². The van der Waals surface area contributed by atoms with Gasteiger partial charge in [0.05, 0.1) is 7.11 Å². The molecule has 1 aliphatic carbocycles. The number of methoxy groups -OCH3 is 1. The number of para-hydroxylation sites is 1. The Kier molecular flexibility index (Phi) is 4.56. The maximum atomic E-state index is 12.6. The van der Waals surface area contributed by atoms with Gasteiger partial charge in [-0.05, 0) is 55.9 Å². The summed E-state index contributed by atoms with van der Waals surface area (Å²) in [6.45, 7) is 4.11. The van der Waals surface area contributed by atoms with Gasteiger partial charge in [-0.2, -0.15) is 0 Å². The Balaban J connectivity index is 1.62. The molecule has 0 spiro atoms. The van der Waals surface area contributed by atoms with Gasteiger partial charge in [-0.25, -0.2) is 0 Å². The zero-order valence-electron chi connectivity index (χ0n) is 14.5. The fraction of sp³-hybridized carbons (Fsp3) is 0.400. The van der Waals surface area contributed by atoms with Crippen molar-refractivity contribution in [2.24, 2.45) is 5.92 Å². The quantitative estimate of drug-likeness (QED) is 0.887. The predicted octanol–water partition coefficient (Wildman–Crippen LogP) is 3.33. The van der Waals surface area contributed by atoms with E-state index >= 15 is 0 Å². The topological polar surface area (TPSA) is 51.2 Å². The Morgan fingerprint density at radius 3 is 2.79 bits per heavy atom. The Bertz CT molecular complexity index is 713. The summed E-state index contributed by atoms with van der Waals surface area (Å²) in [5, 5.41) is 3.20.